The summed E-state index contributed by atoms with van der Waals surface area (Å²) in [5.74, 6) is 1.00. The summed E-state index contributed by atoms with van der Waals surface area (Å²) in [6.45, 7) is 2.26. The molecule has 160 valence electrons. The lowest BCUT2D eigenvalue weighted by atomic mass is 9.99. The van der Waals surface area contributed by atoms with E-state index in [9.17, 15) is 5.26 Å². The normalized spacial score (nSPS) is 10.7. The molecule has 0 amide bonds. The van der Waals surface area contributed by atoms with Gasteiger partial charge < -0.3 is 0 Å². The van der Waals surface area contributed by atoms with Crippen molar-refractivity contribution in [3.63, 3.8) is 0 Å². The van der Waals surface area contributed by atoms with E-state index >= 15 is 0 Å². The van der Waals surface area contributed by atoms with E-state index in [0.29, 0.717) is 5.56 Å². The number of nitrogens with zero attached hydrogens (tertiary/aromatic N) is 2. The van der Waals surface area contributed by atoms with Crippen molar-refractivity contribution in [3.8, 4) is 28.5 Å². The minimum absolute atomic E-state index is 0.690. The maximum atomic E-state index is 9.96. The number of hydrogen-bond donors (Lipinski definition) is 0. The molecule has 2 aromatic carbocycles. The van der Waals surface area contributed by atoms with Crippen LogP contribution < -0.4 is 0 Å². The lowest BCUT2D eigenvalue weighted by Crippen LogP contribution is -1.96. The van der Waals surface area contributed by atoms with Crippen molar-refractivity contribution in [2.75, 3.05) is 5.75 Å². The van der Waals surface area contributed by atoms with E-state index in [2.05, 4.69) is 43.3 Å². The van der Waals surface area contributed by atoms with Gasteiger partial charge in [-0.15, -0.1) is 11.8 Å². The SMILES string of the molecule is CCCCCCCCCCSc1nc(-c2ccccc2)cc(-c2ccccc2)c1C#N. The van der Waals surface area contributed by atoms with Crippen LogP contribution in [0.25, 0.3) is 22.4 Å². The summed E-state index contributed by atoms with van der Waals surface area (Å²) in [6.07, 6.45) is 10.5. The number of benzene rings is 2. The number of unbranched alkanes of at least 4 members (excludes halogenated alkanes) is 7. The zero-order valence-electron chi connectivity index (χ0n) is 18.5. The van der Waals surface area contributed by atoms with E-state index in [-0.39, 0.29) is 0 Å². The molecule has 0 aliphatic carbocycles. The van der Waals surface area contributed by atoms with E-state index in [4.69, 9.17) is 4.98 Å². The smallest absolute Gasteiger partial charge is 0.115 e. The van der Waals surface area contributed by atoms with E-state index in [1.165, 1.54) is 51.4 Å². The molecule has 0 aliphatic heterocycles. The Labute approximate surface area is 191 Å². The Hall–Kier alpha value is -2.57. The monoisotopic (exact) mass is 428 g/mol. The molecule has 3 aromatic rings. The van der Waals surface area contributed by atoms with Gasteiger partial charge in [-0.1, -0.05) is 113 Å². The number of nitriles is 1. The van der Waals surface area contributed by atoms with Crippen LogP contribution in [0, 0.1) is 11.3 Å². The van der Waals surface area contributed by atoms with Gasteiger partial charge in [0, 0.05) is 11.1 Å². The minimum Gasteiger partial charge on any atom is -0.240 e. The average Bonchev–Trinajstić information content (AvgIpc) is 2.83. The second kappa shape index (κ2) is 13.0. The molecule has 31 heavy (non-hydrogen) atoms. The third-order valence-corrected chi connectivity index (χ3v) is 6.55. The van der Waals surface area contributed by atoms with Crippen molar-refractivity contribution in [2.24, 2.45) is 0 Å². The van der Waals surface area contributed by atoms with E-state index in [1.54, 1.807) is 11.8 Å². The Balaban J connectivity index is 1.73. The molecule has 0 N–H and O–H groups in total. The summed E-state index contributed by atoms with van der Waals surface area (Å²) in [5.41, 5.74) is 4.73. The number of aromatic nitrogens is 1. The van der Waals surface area contributed by atoms with Gasteiger partial charge in [0.1, 0.15) is 11.1 Å². The molecule has 3 heteroatoms. The highest BCUT2D eigenvalue weighted by Crippen LogP contribution is 2.34. The summed E-state index contributed by atoms with van der Waals surface area (Å²) in [4.78, 5) is 4.91. The Bertz CT molecular complexity index is 962. The summed E-state index contributed by atoms with van der Waals surface area (Å²) in [5, 5.41) is 10.8. The molecule has 3 rings (SSSR count). The first-order chi connectivity index (χ1) is 15.3. The predicted molar refractivity (Wildman–Crippen MR) is 133 cm³/mol. The summed E-state index contributed by atoms with van der Waals surface area (Å²) in [6, 6.07) is 24.9. The highest BCUT2D eigenvalue weighted by molar-refractivity contribution is 7.99. The molecule has 0 atom stereocenters. The first kappa shape index (κ1) is 23.1. The van der Waals surface area contributed by atoms with Gasteiger partial charge in [0.25, 0.3) is 0 Å². The third kappa shape index (κ3) is 6.97. The van der Waals surface area contributed by atoms with Crippen LogP contribution in [0.1, 0.15) is 63.9 Å². The molecule has 0 aliphatic rings. The standard InChI is InChI=1S/C28H32N2S/c1-2-3-4-5-6-7-8-15-20-31-28-26(22-29)25(23-16-11-9-12-17-23)21-27(30-28)24-18-13-10-14-19-24/h9-14,16-19,21H,2-8,15,20H2,1H3. The van der Waals surface area contributed by atoms with E-state index < -0.39 is 0 Å². The summed E-state index contributed by atoms with van der Waals surface area (Å²) < 4.78 is 0. The first-order valence-electron chi connectivity index (χ1n) is 11.5. The Morgan fingerprint density at radius 1 is 0.774 bits per heavy atom. The molecule has 0 saturated carbocycles. The van der Waals surface area contributed by atoms with E-state index in [0.717, 1.165) is 33.2 Å². The Morgan fingerprint density at radius 3 is 1.97 bits per heavy atom. The van der Waals surface area contributed by atoms with Gasteiger partial charge in [-0.25, -0.2) is 4.98 Å². The highest BCUT2D eigenvalue weighted by atomic mass is 32.2. The second-order valence-electron chi connectivity index (χ2n) is 7.90. The molecule has 0 saturated heterocycles. The Morgan fingerprint density at radius 2 is 1.35 bits per heavy atom. The Kier molecular flexibility index (Phi) is 9.67. The molecule has 0 bridgehead atoms. The van der Waals surface area contributed by atoms with Crippen molar-refractivity contribution in [3.05, 3.63) is 72.3 Å². The summed E-state index contributed by atoms with van der Waals surface area (Å²) in [7, 11) is 0. The predicted octanol–water partition coefficient (Wildman–Crippen LogP) is 8.52. The molecule has 0 radical (unpaired) electrons. The van der Waals surface area contributed by atoms with Gasteiger partial charge in [0.15, 0.2) is 0 Å². The van der Waals surface area contributed by atoms with Crippen LogP contribution in [0.3, 0.4) is 0 Å². The van der Waals surface area contributed by atoms with Crippen LogP contribution in [0.5, 0.6) is 0 Å². The topological polar surface area (TPSA) is 36.7 Å². The number of rotatable bonds is 12. The number of hydrogen-bond acceptors (Lipinski definition) is 3. The largest absolute Gasteiger partial charge is 0.240 e. The zero-order chi connectivity index (χ0) is 21.7. The van der Waals surface area contributed by atoms with Crippen molar-refractivity contribution in [1.29, 1.82) is 5.26 Å². The van der Waals surface area contributed by atoms with Crippen molar-refractivity contribution in [1.82, 2.24) is 4.98 Å². The minimum atomic E-state index is 0.690. The first-order valence-corrected chi connectivity index (χ1v) is 12.5. The fraction of sp³-hybridized carbons (Fsp3) is 0.357. The zero-order valence-corrected chi connectivity index (χ0v) is 19.3. The fourth-order valence-electron chi connectivity index (χ4n) is 3.74. The van der Waals surface area contributed by atoms with Crippen molar-refractivity contribution in [2.45, 2.75) is 63.3 Å². The average molecular weight is 429 g/mol. The van der Waals surface area contributed by atoms with Gasteiger partial charge >= 0.3 is 0 Å². The highest BCUT2D eigenvalue weighted by Gasteiger charge is 2.15. The third-order valence-electron chi connectivity index (χ3n) is 5.49. The number of pyridine rings is 1. The van der Waals surface area contributed by atoms with Gasteiger partial charge in [-0.3, -0.25) is 0 Å². The van der Waals surface area contributed by atoms with Gasteiger partial charge in [0.05, 0.1) is 11.3 Å². The lowest BCUT2D eigenvalue weighted by Gasteiger charge is -2.12. The van der Waals surface area contributed by atoms with Crippen molar-refractivity contribution >= 4 is 11.8 Å². The molecule has 1 heterocycles. The van der Waals surface area contributed by atoms with Gasteiger partial charge in [-0.2, -0.15) is 5.26 Å². The molecule has 1 aromatic heterocycles. The maximum Gasteiger partial charge on any atom is 0.115 e. The molecular formula is C28H32N2S. The van der Waals surface area contributed by atoms with Crippen LogP contribution in [0.15, 0.2) is 71.8 Å². The summed E-state index contributed by atoms with van der Waals surface area (Å²) >= 11 is 1.73. The van der Waals surface area contributed by atoms with E-state index in [1.807, 2.05) is 36.4 Å². The maximum absolute atomic E-state index is 9.96. The lowest BCUT2D eigenvalue weighted by molar-refractivity contribution is 0.586. The van der Waals surface area contributed by atoms with Crippen LogP contribution in [0.2, 0.25) is 0 Å². The van der Waals surface area contributed by atoms with Crippen LogP contribution in [-0.4, -0.2) is 10.7 Å². The molecule has 2 nitrogen and oxygen atoms in total. The van der Waals surface area contributed by atoms with Crippen molar-refractivity contribution < 1.29 is 0 Å². The molecule has 0 spiro atoms. The fourth-order valence-corrected chi connectivity index (χ4v) is 4.75. The quantitative estimate of drug-likeness (QED) is 0.214. The molecule has 0 fully saturated rings. The number of thioether (sulfide) groups is 1. The van der Waals surface area contributed by atoms with Crippen LogP contribution in [0.4, 0.5) is 0 Å². The molecular weight excluding hydrogens is 396 g/mol. The van der Waals surface area contributed by atoms with Gasteiger partial charge in [-0.05, 0) is 23.8 Å². The van der Waals surface area contributed by atoms with Gasteiger partial charge in [0.2, 0.25) is 0 Å². The van der Waals surface area contributed by atoms with Crippen LogP contribution in [-0.2, 0) is 0 Å². The second-order valence-corrected chi connectivity index (χ2v) is 8.99. The molecule has 0 unspecified atom stereocenters. The van der Waals surface area contributed by atoms with Crippen LogP contribution >= 0.6 is 11.8 Å².